The third-order valence-electron chi connectivity index (χ3n) is 3.27. The van der Waals surface area contributed by atoms with Gasteiger partial charge in [-0.3, -0.25) is 4.79 Å². The van der Waals surface area contributed by atoms with Gasteiger partial charge in [-0.2, -0.15) is 0 Å². The van der Waals surface area contributed by atoms with Gasteiger partial charge in [-0.05, 0) is 17.7 Å². The average Bonchev–Trinajstić information content (AvgIpc) is 2.77. The minimum absolute atomic E-state index is 0.00698. The fourth-order valence-electron chi connectivity index (χ4n) is 2.26. The van der Waals surface area contributed by atoms with Crippen LogP contribution in [0.15, 0.2) is 23.0 Å². The SMILES string of the molecule is CC1C(=O)c2n[nH]c(=O)n2-c2cc(C(=O)O)ccc21. The number of benzene rings is 1. The number of carbonyl (C=O) groups is 2. The number of nitrogens with one attached hydrogen (secondary N) is 1. The summed E-state index contributed by atoms with van der Waals surface area (Å²) < 4.78 is 1.12. The van der Waals surface area contributed by atoms with Crippen molar-refractivity contribution < 1.29 is 14.7 Å². The van der Waals surface area contributed by atoms with E-state index in [-0.39, 0.29) is 17.2 Å². The Morgan fingerprint density at radius 1 is 1.42 bits per heavy atom. The first kappa shape index (κ1) is 11.4. The number of ketones is 1. The Bertz CT molecular complexity index is 772. The molecule has 1 atom stereocenters. The second-order valence-electron chi connectivity index (χ2n) is 4.35. The van der Waals surface area contributed by atoms with E-state index in [2.05, 4.69) is 10.2 Å². The number of rotatable bonds is 1. The van der Waals surface area contributed by atoms with Gasteiger partial charge < -0.3 is 5.11 Å². The molecule has 19 heavy (non-hydrogen) atoms. The van der Waals surface area contributed by atoms with E-state index in [1.165, 1.54) is 12.1 Å². The second-order valence-corrected chi connectivity index (χ2v) is 4.35. The predicted molar refractivity (Wildman–Crippen MR) is 63.9 cm³/mol. The summed E-state index contributed by atoms with van der Waals surface area (Å²) in [7, 11) is 0. The van der Waals surface area contributed by atoms with Crippen LogP contribution in [-0.2, 0) is 0 Å². The zero-order valence-corrected chi connectivity index (χ0v) is 9.88. The summed E-state index contributed by atoms with van der Waals surface area (Å²) in [6.07, 6.45) is 0. The first-order valence-electron chi connectivity index (χ1n) is 5.60. The Morgan fingerprint density at radius 3 is 2.84 bits per heavy atom. The van der Waals surface area contributed by atoms with Crippen molar-refractivity contribution in [3.05, 3.63) is 45.6 Å². The van der Waals surface area contributed by atoms with E-state index in [0.717, 1.165) is 4.57 Å². The van der Waals surface area contributed by atoms with Crippen LogP contribution in [-0.4, -0.2) is 31.6 Å². The van der Waals surface area contributed by atoms with Gasteiger partial charge in [0.2, 0.25) is 11.6 Å². The molecule has 0 fully saturated rings. The highest BCUT2D eigenvalue weighted by Gasteiger charge is 2.32. The van der Waals surface area contributed by atoms with E-state index < -0.39 is 17.6 Å². The molecule has 7 heteroatoms. The van der Waals surface area contributed by atoms with E-state index >= 15 is 0 Å². The van der Waals surface area contributed by atoms with E-state index in [4.69, 9.17) is 5.11 Å². The van der Waals surface area contributed by atoms with Gasteiger partial charge in [0.15, 0.2) is 0 Å². The van der Waals surface area contributed by atoms with Crippen molar-refractivity contribution in [2.45, 2.75) is 12.8 Å². The van der Waals surface area contributed by atoms with Crippen molar-refractivity contribution in [1.82, 2.24) is 14.8 Å². The van der Waals surface area contributed by atoms with Crippen molar-refractivity contribution >= 4 is 11.8 Å². The number of carbonyl (C=O) groups excluding carboxylic acids is 1. The minimum atomic E-state index is -1.09. The fraction of sp³-hybridized carbons (Fsp3) is 0.167. The molecule has 1 unspecified atom stereocenters. The van der Waals surface area contributed by atoms with Crippen molar-refractivity contribution in [3.63, 3.8) is 0 Å². The van der Waals surface area contributed by atoms with Crippen LogP contribution >= 0.6 is 0 Å². The lowest BCUT2D eigenvalue weighted by Crippen LogP contribution is -2.28. The summed E-state index contributed by atoms with van der Waals surface area (Å²) in [4.78, 5) is 34.7. The molecule has 1 aliphatic rings. The molecule has 2 N–H and O–H groups in total. The standard InChI is InChI=1S/C12H9N3O4/c1-5-7-3-2-6(11(17)18)4-8(7)15-10(9(5)16)13-14-12(15)19/h2-5H,1H3,(H,14,19)(H,17,18). The largest absolute Gasteiger partial charge is 0.478 e. The predicted octanol–water partition coefficient (Wildman–Crippen LogP) is 0.559. The molecule has 2 heterocycles. The van der Waals surface area contributed by atoms with E-state index in [9.17, 15) is 14.4 Å². The second kappa shape index (κ2) is 3.64. The molecule has 2 aromatic rings. The molecule has 0 saturated carbocycles. The molecule has 0 aliphatic carbocycles. The number of nitrogens with zero attached hydrogens (tertiary/aromatic N) is 2. The Morgan fingerprint density at radius 2 is 2.16 bits per heavy atom. The number of fused-ring (bicyclic) bond motifs is 3. The van der Waals surface area contributed by atoms with Crippen LogP contribution in [0.1, 0.15) is 39.4 Å². The van der Waals surface area contributed by atoms with Crippen LogP contribution in [0.2, 0.25) is 0 Å². The van der Waals surface area contributed by atoms with E-state index in [1.54, 1.807) is 13.0 Å². The molecular weight excluding hydrogens is 250 g/mol. The fourth-order valence-corrected chi connectivity index (χ4v) is 2.26. The number of carboxylic acid groups (broad SMARTS) is 1. The van der Waals surface area contributed by atoms with E-state index in [1.807, 2.05) is 0 Å². The van der Waals surface area contributed by atoms with E-state index in [0.29, 0.717) is 11.3 Å². The van der Waals surface area contributed by atoms with Gasteiger partial charge in [0.1, 0.15) is 0 Å². The maximum absolute atomic E-state index is 12.1. The van der Waals surface area contributed by atoms with Crippen LogP contribution in [0.3, 0.4) is 0 Å². The summed E-state index contributed by atoms with van der Waals surface area (Å²) in [5.74, 6) is -1.81. The van der Waals surface area contributed by atoms with Crippen LogP contribution < -0.4 is 5.69 Å². The highest BCUT2D eigenvalue weighted by molar-refractivity contribution is 6.01. The molecule has 96 valence electrons. The highest BCUT2D eigenvalue weighted by Crippen LogP contribution is 2.31. The molecule has 1 aromatic carbocycles. The monoisotopic (exact) mass is 259 g/mol. The third kappa shape index (κ3) is 1.44. The first-order valence-corrected chi connectivity index (χ1v) is 5.60. The van der Waals surface area contributed by atoms with Gasteiger partial charge in [-0.15, -0.1) is 5.10 Å². The van der Waals surface area contributed by atoms with Gasteiger partial charge in [0.25, 0.3) is 0 Å². The molecule has 0 amide bonds. The van der Waals surface area contributed by atoms with Crippen LogP contribution in [0.25, 0.3) is 5.69 Å². The molecule has 0 radical (unpaired) electrons. The Balaban J connectivity index is 2.37. The van der Waals surface area contributed by atoms with Gasteiger partial charge in [-0.1, -0.05) is 13.0 Å². The van der Waals surface area contributed by atoms with Crippen molar-refractivity contribution in [1.29, 1.82) is 0 Å². The summed E-state index contributed by atoms with van der Waals surface area (Å²) >= 11 is 0. The number of aromatic carboxylic acids is 1. The molecule has 3 rings (SSSR count). The number of hydrogen-bond acceptors (Lipinski definition) is 4. The molecule has 1 aromatic heterocycles. The summed E-state index contributed by atoms with van der Waals surface area (Å²) in [6, 6.07) is 4.35. The zero-order chi connectivity index (χ0) is 13.7. The number of hydrogen-bond donors (Lipinski definition) is 2. The van der Waals surface area contributed by atoms with Gasteiger partial charge in [-0.25, -0.2) is 19.3 Å². The number of aromatic nitrogens is 3. The summed E-state index contributed by atoms with van der Waals surface area (Å²) in [6.45, 7) is 1.70. The lowest BCUT2D eigenvalue weighted by Gasteiger charge is -2.21. The van der Waals surface area contributed by atoms with Gasteiger partial charge in [0.05, 0.1) is 11.3 Å². The maximum atomic E-state index is 12.1. The molecule has 7 nitrogen and oxygen atoms in total. The Hall–Kier alpha value is -2.70. The lowest BCUT2D eigenvalue weighted by atomic mass is 9.90. The number of H-pyrrole nitrogens is 1. The third-order valence-corrected chi connectivity index (χ3v) is 3.27. The molecular formula is C12H9N3O4. The molecule has 0 bridgehead atoms. The zero-order valence-electron chi connectivity index (χ0n) is 9.88. The molecule has 1 aliphatic heterocycles. The maximum Gasteiger partial charge on any atom is 0.348 e. The minimum Gasteiger partial charge on any atom is -0.478 e. The van der Waals surface area contributed by atoms with Crippen LogP contribution in [0.4, 0.5) is 0 Å². The quantitative estimate of drug-likeness (QED) is 0.778. The topological polar surface area (TPSA) is 105 Å². The van der Waals surface area contributed by atoms with Crippen LogP contribution in [0, 0.1) is 0 Å². The average molecular weight is 259 g/mol. The Kier molecular flexibility index (Phi) is 2.19. The molecule has 0 saturated heterocycles. The highest BCUT2D eigenvalue weighted by atomic mass is 16.4. The number of carboxylic acids is 1. The smallest absolute Gasteiger partial charge is 0.348 e. The first-order chi connectivity index (χ1) is 9.00. The summed E-state index contributed by atoms with van der Waals surface area (Å²) in [5.41, 5.74) is 0.505. The normalized spacial score (nSPS) is 16.9. The number of Topliss-reactive ketones (excluding diaryl/α,β-unsaturated/α-hetero) is 1. The van der Waals surface area contributed by atoms with Crippen molar-refractivity contribution in [2.75, 3.05) is 0 Å². The molecule has 0 spiro atoms. The van der Waals surface area contributed by atoms with Crippen LogP contribution in [0.5, 0.6) is 0 Å². The van der Waals surface area contributed by atoms with Gasteiger partial charge >= 0.3 is 11.7 Å². The summed E-state index contributed by atoms with van der Waals surface area (Å²) in [5, 5.41) is 14.9. The Labute approximate surface area is 106 Å². The van der Waals surface area contributed by atoms with Crippen molar-refractivity contribution in [3.8, 4) is 5.69 Å². The van der Waals surface area contributed by atoms with Crippen molar-refractivity contribution in [2.24, 2.45) is 0 Å². The lowest BCUT2D eigenvalue weighted by molar-refractivity contribution is 0.0696. The number of aromatic amines is 1. The van der Waals surface area contributed by atoms with Gasteiger partial charge in [0, 0.05) is 5.92 Å².